The highest BCUT2D eigenvalue weighted by atomic mass is 35.5. The molecule has 6 heteroatoms. The molecule has 2 heterocycles. The van der Waals surface area contributed by atoms with E-state index in [1.807, 2.05) is 23.6 Å². The molecular formula is C13H8ClN3OS. The molecule has 0 spiro atoms. The predicted molar refractivity (Wildman–Crippen MR) is 76.8 cm³/mol. The Hall–Kier alpha value is -1.98. The van der Waals surface area contributed by atoms with Gasteiger partial charge in [0.15, 0.2) is 0 Å². The van der Waals surface area contributed by atoms with E-state index in [1.165, 1.54) is 17.7 Å². The van der Waals surface area contributed by atoms with Gasteiger partial charge in [-0.15, -0.1) is 11.3 Å². The monoisotopic (exact) mass is 289 g/mol. The standard InChI is InChI=1S/C13H8ClN3OS/c14-12-11-10(15-7-16-12)9(6-19-11)17-13(18)8-4-2-1-3-5-8/h1-7H,(H,17,18). The Bertz CT molecular complexity index is 742. The lowest BCUT2D eigenvalue weighted by Crippen LogP contribution is -2.11. The number of thiophene rings is 1. The first-order valence-corrected chi connectivity index (χ1v) is 6.75. The van der Waals surface area contributed by atoms with Crippen LogP contribution in [-0.2, 0) is 0 Å². The second-order valence-electron chi connectivity index (χ2n) is 3.81. The van der Waals surface area contributed by atoms with Crippen molar-refractivity contribution in [3.05, 3.63) is 52.8 Å². The van der Waals surface area contributed by atoms with Gasteiger partial charge < -0.3 is 5.32 Å². The normalized spacial score (nSPS) is 10.6. The SMILES string of the molecule is O=C(Nc1csc2c(Cl)ncnc12)c1ccccc1. The lowest BCUT2D eigenvalue weighted by atomic mass is 10.2. The number of aromatic nitrogens is 2. The molecule has 0 aliphatic heterocycles. The Morgan fingerprint density at radius 2 is 2.00 bits per heavy atom. The van der Waals surface area contributed by atoms with Gasteiger partial charge in [0.2, 0.25) is 0 Å². The Morgan fingerprint density at radius 1 is 1.21 bits per heavy atom. The summed E-state index contributed by atoms with van der Waals surface area (Å²) in [5.41, 5.74) is 1.91. The Kier molecular flexibility index (Phi) is 3.15. The molecule has 94 valence electrons. The molecule has 3 aromatic rings. The number of carbonyl (C=O) groups is 1. The summed E-state index contributed by atoms with van der Waals surface area (Å²) in [6.07, 6.45) is 1.38. The van der Waals surface area contributed by atoms with E-state index in [0.29, 0.717) is 21.9 Å². The van der Waals surface area contributed by atoms with E-state index >= 15 is 0 Å². The molecule has 4 nitrogen and oxygen atoms in total. The fraction of sp³-hybridized carbons (Fsp3) is 0. The highest BCUT2D eigenvalue weighted by Gasteiger charge is 2.12. The maximum absolute atomic E-state index is 12.1. The van der Waals surface area contributed by atoms with Crippen LogP contribution in [0.3, 0.4) is 0 Å². The van der Waals surface area contributed by atoms with Gasteiger partial charge in [-0.25, -0.2) is 9.97 Å². The molecule has 0 fully saturated rings. The van der Waals surface area contributed by atoms with Crippen molar-refractivity contribution in [2.75, 3.05) is 5.32 Å². The largest absolute Gasteiger partial charge is 0.319 e. The topological polar surface area (TPSA) is 54.9 Å². The van der Waals surface area contributed by atoms with Crippen LogP contribution in [0.1, 0.15) is 10.4 Å². The lowest BCUT2D eigenvalue weighted by molar-refractivity contribution is 0.102. The van der Waals surface area contributed by atoms with Gasteiger partial charge in [0, 0.05) is 10.9 Å². The van der Waals surface area contributed by atoms with Crippen molar-refractivity contribution >= 4 is 44.7 Å². The second kappa shape index (κ2) is 4.95. The third-order valence-corrected chi connectivity index (χ3v) is 3.97. The van der Waals surface area contributed by atoms with E-state index in [9.17, 15) is 4.79 Å². The van der Waals surface area contributed by atoms with Crippen LogP contribution in [0.5, 0.6) is 0 Å². The summed E-state index contributed by atoms with van der Waals surface area (Å²) in [6, 6.07) is 9.01. The molecule has 0 aliphatic rings. The molecule has 0 atom stereocenters. The fourth-order valence-electron chi connectivity index (χ4n) is 1.69. The van der Waals surface area contributed by atoms with Gasteiger partial charge in [0.25, 0.3) is 5.91 Å². The number of halogens is 1. The highest BCUT2D eigenvalue weighted by Crippen LogP contribution is 2.32. The maximum atomic E-state index is 12.1. The van der Waals surface area contributed by atoms with Gasteiger partial charge in [0.1, 0.15) is 17.0 Å². The molecule has 2 aromatic heterocycles. The van der Waals surface area contributed by atoms with Crippen LogP contribution in [0, 0.1) is 0 Å². The number of fused-ring (bicyclic) bond motifs is 1. The van der Waals surface area contributed by atoms with Crippen LogP contribution in [0.15, 0.2) is 42.0 Å². The number of carbonyl (C=O) groups excluding carboxylic acids is 1. The summed E-state index contributed by atoms with van der Waals surface area (Å²) in [6.45, 7) is 0. The first-order valence-electron chi connectivity index (χ1n) is 5.50. The van der Waals surface area contributed by atoms with E-state index in [0.717, 1.165) is 4.70 Å². The van der Waals surface area contributed by atoms with Crippen LogP contribution in [0.4, 0.5) is 5.69 Å². The number of nitrogens with one attached hydrogen (secondary N) is 1. The zero-order chi connectivity index (χ0) is 13.2. The predicted octanol–water partition coefficient (Wildman–Crippen LogP) is 3.60. The van der Waals surface area contributed by atoms with Crippen LogP contribution in [0.25, 0.3) is 10.2 Å². The summed E-state index contributed by atoms with van der Waals surface area (Å²) in [7, 11) is 0. The number of amides is 1. The van der Waals surface area contributed by atoms with Gasteiger partial charge >= 0.3 is 0 Å². The zero-order valence-corrected chi connectivity index (χ0v) is 11.2. The van der Waals surface area contributed by atoms with E-state index in [-0.39, 0.29) is 5.91 Å². The fourth-order valence-corrected chi connectivity index (χ4v) is 2.79. The van der Waals surface area contributed by atoms with Gasteiger partial charge in [-0.05, 0) is 12.1 Å². The number of anilines is 1. The van der Waals surface area contributed by atoms with Gasteiger partial charge in [-0.2, -0.15) is 0 Å². The van der Waals surface area contributed by atoms with Crippen molar-refractivity contribution in [3.8, 4) is 0 Å². The molecule has 1 amide bonds. The first-order chi connectivity index (χ1) is 9.25. The van der Waals surface area contributed by atoms with Crippen LogP contribution >= 0.6 is 22.9 Å². The highest BCUT2D eigenvalue weighted by molar-refractivity contribution is 7.18. The van der Waals surface area contributed by atoms with Crippen molar-refractivity contribution in [1.82, 2.24) is 9.97 Å². The van der Waals surface area contributed by atoms with Gasteiger partial charge in [-0.3, -0.25) is 4.79 Å². The molecule has 0 bridgehead atoms. The minimum atomic E-state index is -0.171. The van der Waals surface area contributed by atoms with E-state index in [4.69, 9.17) is 11.6 Å². The third-order valence-electron chi connectivity index (χ3n) is 2.59. The molecule has 0 saturated heterocycles. The van der Waals surface area contributed by atoms with Crippen LogP contribution in [0.2, 0.25) is 5.15 Å². The first kappa shape index (κ1) is 12.1. The summed E-state index contributed by atoms with van der Waals surface area (Å²) in [5.74, 6) is -0.171. The van der Waals surface area contributed by atoms with Crippen molar-refractivity contribution in [3.63, 3.8) is 0 Å². The molecule has 0 unspecified atom stereocenters. The van der Waals surface area contributed by atoms with E-state index < -0.39 is 0 Å². The van der Waals surface area contributed by atoms with E-state index in [1.54, 1.807) is 12.1 Å². The summed E-state index contributed by atoms with van der Waals surface area (Å²) >= 11 is 7.38. The summed E-state index contributed by atoms with van der Waals surface area (Å²) in [5, 5.41) is 5.04. The molecule has 0 radical (unpaired) electrons. The van der Waals surface area contributed by atoms with Crippen LogP contribution in [-0.4, -0.2) is 15.9 Å². The number of nitrogens with zero attached hydrogens (tertiary/aromatic N) is 2. The molecule has 19 heavy (non-hydrogen) atoms. The average molecular weight is 290 g/mol. The van der Waals surface area contributed by atoms with Crippen molar-refractivity contribution in [2.45, 2.75) is 0 Å². The van der Waals surface area contributed by atoms with Crippen molar-refractivity contribution < 1.29 is 4.79 Å². The quantitative estimate of drug-likeness (QED) is 0.733. The molecule has 1 N–H and O–H groups in total. The molecule has 0 saturated carbocycles. The number of benzene rings is 1. The molecule has 1 aromatic carbocycles. The number of rotatable bonds is 2. The average Bonchev–Trinajstić information content (AvgIpc) is 2.84. The molecule has 3 rings (SSSR count). The minimum absolute atomic E-state index is 0.171. The zero-order valence-electron chi connectivity index (χ0n) is 9.63. The van der Waals surface area contributed by atoms with Gasteiger partial charge in [-0.1, -0.05) is 29.8 Å². The summed E-state index contributed by atoms with van der Waals surface area (Å²) < 4.78 is 0.771. The van der Waals surface area contributed by atoms with E-state index in [2.05, 4.69) is 15.3 Å². The second-order valence-corrected chi connectivity index (χ2v) is 5.05. The third kappa shape index (κ3) is 2.30. The smallest absolute Gasteiger partial charge is 0.255 e. The molecule has 0 aliphatic carbocycles. The number of hydrogen-bond acceptors (Lipinski definition) is 4. The Morgan fingerprint density at radius 3 is 2.79 bits per heavy atom. The molecular weight excluding hydrogens is 282 g/mol. The Labute approximate surface area is 118 Å². The van der Waals surface area contributed by atoms with Gasteiger partial charge in [0.05, 0.1) is 10.4 Å². The van der Waals surface area contributed by atoms with Crippen molar-refractivity contribution in [1.29, 1.82) is 0 Å². The maximum Gasteiger partial charge on any atom is 0.255 e. The minimum Gasteiger partial charge on any atom is -0.319 e. The number of hydrogen-bond donors (Lipinski definition) is 1. The van der Waals surface area contributed by atoms with Crippen LogP contribution < -0.4 is 5.32 Å². The Balaban J connectivity index is 1.94. The summed E-state index contributed by atoms with van der Waals surface area (Å²) in [4.78, 5) is 20.1. The lowest BCUT2D eigenvalue weighted by Gasteiger charge is -2.03. The van der Waals surface area contributed by atoms with Crippen molar-refractivity contribution in [2.24, 2.45) is 0 Å².